The second kappa shape index (κ2) is 4.79. The van der Waals surface area contributed by atoms with Crippen LogP contribution in [0.15, 0.2) is 24.4 Å². The number of hydrogen-bond acceptors (Lipinski definition) is 2. The maximum atomic E-state index is 12.8. The summed E-state index contributed by atoms with van der Waals surface area (Å²) in [6.45, 7) is 4.65. The van der Waals surface area contributed by atoms with Gasteiger partial charge < -0.3 is 9.88 Å². The molecule has 112 valence electrons. The lowest BCUT2D eigenvalue weighted by Crippen LogP contribution is -2.23. The number of benzene rings is 1. The fourth-order valence-corrected chi connectivity index (χ4v) is 2.66. The molecule has 2 aromatic rings. The van der Waals surface area contributed by atoms with Gasteiger partial charge in [0.25, 0.3) is 0 Å². The molecule has 0 radical (unpaired) electrons. The van der Waals surface area contributed by atoms with Gasteiger partial charge in [-0.25, -0.2) is 4.98 Å². The van der Waals surface area contributed by atoms with Gasteiger partial charge >= 0.3 is 6.18 Å². The minimum Gasteiger partial charge on any atom is -0.356 e. The third kappa shape index (κ3) is 2.50. The van der Waals surface area contributed by atoms with Gasteiger partial charge in [0.15, 0.2) is 5.69 Å². The summed E-state index contributed by atoms with van der Waals surface area (Å²) in [4.78, 5) is 3.66. The third-order valence-corrected chi connectivity index (χ3v) is 3.98. The maximum Gasteiger partial charge on any atom is 0.434 e. The highest BCUT2D eigenvalue weighted by Crippen LogP contribution is 2.35. The van der Waals surface area contributed by atoms with Crippen LogP contribution < -0.4 is 5.32 Å². The summed E-state index contributed by atoms with van der Waals surface area (Å²) in [5.74, 6) is 0.289. The quantitative estimate of drug-likeness (QED) is 0.864. The molecule has 0 fully saturated rings. The summed E-state index contributed by atoms with van der Waals surface area (Å²) in [7, 11) is 0. The van der Waals surface area contributed by atoms with Crippen molar-refractivity contribution in [2.45, 2.75) is 32.5 Å². The molecule has 3 nitrogen and oxygen atoms in total. The molecule has 1 aliphatic rings. The Morgan fingerprint density at radius 3 is 2.67 bits per heavy atom. The number of alkyl halides is 3. The summed E-state index contributed by atoms with van der Waals surface area (Å²) in [6.07, 6.45) is -2.58. The zero-order chi connectivity index (χ0) is 15.2. The predicted octanol–water partition coefficient (Wildman–Crippen LogP) is 3.92. The monoisotopic (exact) mass is 295 g/mol. The van der Waals surface area contributed by atoms with Gasteiger partial charge in [-0.15, -0.1) is 0 Å². The summed E-state index contributed by atoms with van der Waals surface area (Å²) >= 11 is 0. The van der Waals surface area contributed by atoms with Gasteiger partial charge in [-0.1, -0.05) is 18.2 Å². The molecule has 21 heavy (non-hydrogen) atoms. The van der Waals surface area contributed by atoms with Crippen LogP contribution in [-0.4, -0.2) is 16.1 Å². The first kappa shape index (κ1) is 14.0. The molecule has 0 saturated heterocycles. The van der Waals surface area contributed by atoms with E-state index in [0.717, 1.165) is 23.7 Å². The van der Waals surface area contributed by atoms with Gasteiger partial charge in [0.1, 0.15) is 0 Å². The van der Waals surface area contributed by atoms with E-state index in [4.69, 9.17) is 0 Å². The minimum atomic E-state index is -4.42. The lowest BCUT2D eigenvalue weighted by atomic mass is 9.98. The highest BCUT2D eigenvalue weighted by Gasteiger charge is 2.36. The first-order chi connectivity index (χ1) is 9.86. The number of nitrogens with zero attached hydrogens (tertiary/aromatic N) is 2. The Hall–Kier alpha value is -1.98. The molecule has 6 heteroatoms. The van der Waals surface area contributed by atoms with Crippen LogP contribution in [0.2, 0.25) is 0 Å². The van der Waals surface area contributed by atoms with Crippen LogP contribution in [0.5, 0.6) is 0 Å². The molecule has 1 aromatic heterocycles. The molecule has 0 bridgehead atoms. The maximum absolute atomic E-state index is 12.8. The van der Waals surface area contributed by atoms with Crippen molar-refractivity contribution in [3.8, 4) is 0 Å². The molecule has 0 amide bonds. The largest absolute Gasteiger partial charge is 0.434 e. The van der Waals surface area contributed by atoms with Crippen LogP contribution in [0.4, 0.5) is 19.1 Å². The first-order valence-electron chi connectivity index (χ1n) is 6.83. The number of nitrogens with one attached hydrogen (secondary N) is 1. The Morgan fingerprint density at radius 1 is 1.24 bits per heavy atom. The lowest BCUT2D eigenvalue weighted by molar-refractivity contribution is -0.140. The lowest BCUT2D eigenvalue weighted by Gasteiger charge is -2.26. The van der Waals surface area contributed by atoms with Gasteiger partial charge in [0, 0.05) is 12.7 Å². The summed E-state index contributed by atoms with van der Waals surface area (Å²) in [6, 6.07) is 5.93. The van der Waals surface area contributed by atoms with Crippen molar-refractivity contribution in [3.63, 3.8) is 0 Å². The zero-order valence-electron chi connectivity index (χ0n) is 11.8. The Balaban J connectivity index is 2.03. The van der Waals surface area contributed by atoms with Crippen molar-refractivity contribution in [2.24, 2.45) is 0 Å². The van der Waals surface area contributed by atoms with Crippen LogP contribution in [0.1, 0.15) is 34.8 Å². The third-order valence-electron chi connectivity index (χ3n) is 3.98. The molecule has 3 rings (SSSR count). The van der Waals surface area contributed by atoms with E-state index >= 15 is 0 Å². The average molecular weight is 295 g/mol. The number of fused-ring (bicyclic) bond motifs is 1. The van der Waals surface area contributed by atoms with Gasteiger partial charge in [-0.2, -0.15) is 13.2 Å². The van der Waals surface area contributed by atoms with Gasteiger partial charge in [-0.3, -0.25) is 0 Å². The van der Waals surface area contributed by atoms with Crippen molar-refractivity contribution < 1.29 is 13.2 Å². The van der Waals surface area contributed by atoms with Gasteiger partial charge in [0.05, 0.1) is 6.04 Å². The van der Waals surface area contributed by atoms with Crippen molar-refractivity contribution in [3.05, 3.63) is 46.8 Å². The van der Waals surface area contributed by atoms with E-state index in [-0.39, 0.29) is 12.0 Å². The Kier molecular flexibility index (Phi) is 3.19. The second-order valence-electron chi connectivity index (χ2n) is 5.43. The van der Waals surface area contributed by atoms with E-state index in [9.17, 15) is 13.2 Å². The standard InChI is InChI=1S/C15H16F3N3/c1-9-3-4-11(7-10(9)2)12-5-6-19-14-20-13(8-21(12)14)15(16,17)18/h3-4,7-8,12H,5-6H2,1-2H3,(H,19,20). The molecule has 1 N–H and O–H groups in total. The fourth-order valence-electron chi connectivity index (χ4n) is 2.66. The zero-order valence-corrected chi connectivity index (χ0v) is 11.8. The molecular formula is C15H16F3N3. The van der Waals surface area contributed by atoms with E-state index in [1.165, 1.54) is 5.56 Å². The topological polar surface area (TPSA) is 29.9 Å². The summed E-state index contributed by atoms with van der Waals surface area (Å²) < 4.78 is 40.0. The van der Waals surface area contributed by atoms with E-state index in [0.29, 0.717) is 6.54 Å². The number of hydrogen-bond donors (Lipinski definition) is 1. The fraction of sp³-hybridized carbons (Fsp3) is 0.400. The Morgan fingerprint density at radius 2 is 2.00 bits per heavy atom. The molecule has 1 atom stereocenters. The number of imidazole rings is 1. The molecular weight excluding hydrogens is 279 g/mol. The van der Waals surface area contributed by atoms with E-state index in [2.05, 4.69) is 10.3 Å². The van der Waals surface area contributed by atoms with Crippen molar-refractivity contribution >= 4 is 5.95 Å². The van der Waals surface area contributed by atoms with E-state index in [1.54, 1.807) is 4.57 Å². The minimum absolute atomic E-state index is 0.107. The smallest absolute Gasteiger partial charge is 0.356 e. The summed E-state index contributed by atoms with van der Waals surface area (Å²) in [5, 5.41) is 2.93. The highest BCUT2D eigenvalue weighted by atomic mass is 19.4. The van der Waals surface area contributed by atoms with Crippen molar-refractivity contribution in [1.82, 2.24) is 9.55 Å². The molecule has 0 spiro atoms. The molecule has 0 aliphatic carbocycles. The van der Waals surface area contributed by atoms with Crippen molar-refractivity contribution in [1.29, 1.82) is 0 Å². The average Bonchev–Trinajstić information content (AvgIpc) is 2.86. The number of rotatable bonds is 1. The molecule has 1 aromatic carbocycles. The second-order valence-corrected chi connectivity index (χ2v) is 5.43. The molecule has 0 saturated carbocycles. The number of halogens is 3. The van der Waals surface area contributed by atoms with Crippen LogP contribution in [0.3, 0.4) is 0 Å². The van der Waals surface area contributed by atoms with Crippen LogP contribution >= 0.6 is 0 Å². The van der Waals surface area contributed by atoms with E-state index < -0.39 is 11.9 Å². The first-order valence-corrected chi connectivity index (χ1v) is 6.83. The number of anilines is 1. The van der Waals surface area contributed by atoms with Gasteiger partial charge in [0.2, 0.25) is 5.95 Å². The Labute approximate surface area is 120 Å². The van der Waals surface area contributed by atoms with Gasteiger partial charge in [-0.05, 0) is 37.0 Å². The molecule has 1 unspecified atom stereocenters. The summed E-state index contributed by atoms with van der Waals surface area (Å²) in [5.41, 5.74) is 2.49. The molecule has 1 aliphatic heterocycles. The predicted molar refractivity (Wildman–Crippen MR) is 74.4 cm³/mol. The highest BCUT2D eigenvalue weighted by molar-refractivity contribution is 5.39. The van der Waals surface area contributed by atoms with E-state index in [1.807, 2.05) is 32.0 Å². The van der Waals surface area contributed by atoms with Crippen LogP contribution in [0, 0.1) is 13.8 Å². The Bertz CT molecular complexity index is 673. The normalized spacial score (nSPS) is 18.2. The molecule has 2 heterocycles. The SMILES string of the molecule is Cc1ccc(C2CCNc3nc(C(F)(F)F)cn32)cc1C. The van der Waals surface area contributed by atoms with Crippen molar-refractivity contribution in [2.75, 3.05) is 11.9 Å². The number of aromatic nitrogens is 2. The van der Waals surface area contributed by atoms with Crippen LogP contribution in [-0.2, 0) is 6.18 Å². The number of aryl methyl sites for hydroxylation is 2. The van der Waals surface area contributed by atoms with Crippen LogP contribution in [0.25, 0.3) is 0 Å².